The lowest BCUT2D eigenvalue weighted by Gasteiger charge is -2.57. The third-order valence-electron chi connectivity index (χ3n) is 22.8. The number of nitrogens with zero attached hydrogens (tertiary/aromatic N) is 1. The van der Waals surface area contributed by atoms with Gasteiger partial charge in [0, 0.05) is 43.4 Å². The van der Waals surface area contributed by atoms with Gasteiger partial charge >= 0.3 is 0 Å². The molecule has 0 amide bonds. The predicted octanol–water partition coefficient (Wildman–Crippen LogP) is 23.9. The van der Waals surface area contributed by atoms with E-state index >= 15 is 0 Å². The van der Waals surface area contributed by atoms with Crippen LogP contribution >= 0.6 is 15.9 Å². The third-order valence-corrected chi connectivity index (χ3v) is 23.4. The van der Waals surface area contributed by atoms with Gasteiger partial charge in [0.1, 0.15) is 22.3 Å². The molecule has 5 heteroatoms. The van der Waals surface area contributed by atoms with Gasteiger partial charge in [-0.2, -0.15) is 0 Å². The number of halogens is 1. The fraction of sp³-hybridized carbons (Fsp3) is 0.400. The first kappa shape index (κ1) is 53.9. The Balaban J connectivity index is 0.000000117. The summed E-state index contributed by atoms with van der Waals surface area (Å²) in [7, 11) is 0. The average Bonchev–Trinajstić information content (AvgIpc) is 4.34. The molecule has 0 radical (unpaired) electrons. The van der Waals surface area contributed by atoms with Gasteiger partial charge in [-0.05, 0) is 268 Å². The molecule has 10 aromatic rings. The molecule has 10 aliphatic carbocycles. The first-order chi connectivity index (χ1) is 41.8. The number of hydrogen-bond donors (Lipinski definition) is 1. The highest BCUT2D eigenvalue weighted by atomic mass is 79.9. The molecule has 0 atom stereocenters. The maximum absolute atomic E-state index is 6.34. The molecule has 10 saturated carbocycles. The van der Waals surface area contributed by atoms with Gasteiger partial charge in [0.15, 0.2) is 0 Å². The molecular formula is C80H83BrN2O2. The van der Waals surface area contributed by atoms with Crippen LogP contribution < -0.4 is 10.2 Å². The second-order valence-corrected chi connectivity index (χ2v) is 29.2. The Labute approximate surface area is 512 Å². The number of rotatable bonds is 9. The number of nitrogens with one attached hydrogen (secondary N) is 1. The number of fused-ring (bicyclic) bond motifs is 6. The van der Waals surface area contributed by atoms with Crippen molar-refractivity contribution in [2.45, 2.75) is 164 Å². The van der Waals surface area contributed by atoms with Crippen LogP contribution in [0.3, 0.4) is 0 Å². The molecule has 0 spiro atoms. The summed E-state index contributed by atoms with van der Waals surface area (Å²) in [6.45, 7) is 0. The number of benzene rings is 8. The zero-order valence-corrected chi connectivity index (χ0v) is 51.2. The topological polar surface area (TPSA) is 41.6 Å². The van der Waals surface area contributed by atoms with Gasteiger partial charge in [-0.1, -0.05) is 152 Å². The molecule has 2 aromatic heterocycles. The van der Waals surface area contributed by atoms with Gasteiger partial charge in [0.2, 0.25) is 0 Å². The first-order valence-electron chi connectivity index (χ1n) is 33.3. The van der Waals surface area contributed by atoms with Gasteiger partial charge < -0.3 is 19.1 Å². The van der Waals surface area contributed by atoms with E-state index in [1.807, 2.05) is 36.4 Å². The minimum atomic E-state index is 0.417. The van der Waals surface area contributed by atoms with E-state index in [0.717, 1.165) is 79.0 Å². The van der Waals surface area contributed by atoms with Crippen LogP contribution in [-0.2, 0) is 10.8 Å². The van der Waals surface area contributed by atoms with Crippen LogP contribution in [0.1, 0.15) is 175 Å². The van der Waals surface area contributed by atoms with E-state index in [-0.39, 0.29) is 0 Å². The Hall–Kier alpha value is -6.56. The molecule has 20 rings (SSSR count). The van der Waals surface area contributed by atoms with Crippen LogP contribution in [0.5, 0.6) is 0 Å². The molecular weight excluding hydrogens is 1100 g/mol. The maximum Gasteiger partial charge on any atom is 0.137 e. The van der Waals surface area contributed by atoms with Gasteiger partial charge in [-0.25, -0.2) is 0 Å². The van der Waals surface area contributed by atoms with Crippen molar-refractivity contribution >= 4 is 88.2 Å². The summed E-state index contributed by atoms with van der Waals surface area (Å²) in [5.74, 6) is 7.43. The largest absolute Gasteiger partial charge is 0.456 e. The molecule has 8 bridgehead atoms. The summed E-state index contributed by atoms with van der Waals surface area (Å²) in [5, 5.41) is 8.32. The van der Waals surface area contributed by atoms with Crippen LogP contribution in [-0.4, -0.2) is 0 Å². The zero-order valence-electron chi connectivity index (χ0n) is 49.6. The van der Waals surface area contributed by atoms with E-state index in [9.17, 15) is 0 Å². The lowest BCUT2D eigenvalue weighted by Crippen LogP contribution is -2.48. The van der Waals surface area contributed by atoms with Crippen molar-refractivity contribution in [2.75, 3.05) is 10.2 Å². The van der Waals surface area contributed by atoms with Crippen molar-refractivity contribution in [3.63, 3.8) is 0 Å². The predicted molar refractivity (Wildman–Crippen MR) is 357 cm³/mol. The number of anilines is 5. The van der Waals surface area contributed by atoms with Crippen molar-refractivity contribution in [3.05, 3.63) is 209 Å². The highest BCUT2D eigenvalue weighted by Crippen LogP contribution is 2.62. The summed E-state index contributed by atoms with van der Waals surface area (Å²) < 4.78 is 13.1. The number of hydrogen-bond acceptors (Lipinski definition) is 4. The van der Waals surface area contributed by atoms with E-state index < -0.39 is 0 Å². The van der Waals surface area contributed by atoms with E-state index in [0.29, 0.717) is 16.7 Å². The normalized spacial score (nSPS) is 26.8. The fourth-order valence-electron chi connectivity index (χ4n) is 19.7. The van der Waals surface area contributed by atoms with Crippen molar-refractivity contribution in [1.29, 1.82) is 0 Å². The smallest absolute Gasteiger partial charge is 0.137 e. The molecule has 0 unspecified atom stereocenters. The lowest BCUT2D eigenvalue weighted by molar-refractivity contribution is -0.00530. The van der Waals surface area contributed by atoms with E-state index in [2.05, 4.69) is 172 Å². The van der Waals surface area contributed by atoms with E-state index in [1.165, 1.54) is 192 Å². The molecule has 4 nitrogen and oxygen atoms in total. The van der Waals surface area contributed by atoms with Crippen LogP contribution in [0.25, 0.3) is 43.9 Å². The minimum Gasteiger partial charge on any atom is -0.456 e. The zero-order chi connectivity index (χ0) is 56.5. The van der Waals surface area contributed by atoms with Crippen LogP contribution in [0, 0.1) is 35.5 Å². The Morgan fingerprint density at radius 1 is 0.365 bits per heavy atom. The summed E-state index contributed by atoms with van der Waals surface area (Å²) in [6, 6.07) is 67.1. The highest BCUT2D eigenvalue weighted by Gasteiger charge is 2.53. The van der Waals surface area contributed by atoms with Crippen LogP contribution in [0.4, 0.5) is 28.4 Å². The van der Waals surface area contributed by atoms with E-state index in [1.54, 1.807) is 11.1 Å². The summed E-state index contributed by atoms with van der Waals surface area (Å²) >= 11 is 3.54. The second-order valence-electron chi connectivity index (χ2n) is 28.3. The standard InChI is InChI=1S/C40H41NO.C28H35N.C12H7BrO/c1-2-7-30(8-3-1)31-13-17-33(18-14-31)41(36-10-6-12-38-39(36)35-9-4-5-11-37(35)42-38)34-19-15-32(16-20-34)40-24-27-21-28(25-40)23-29(22-27)26-40;1-2-4-23(5-3-1)24-6-10-26(11-7-24)29-27-12-8-25(9-13-27)28-17-20-14-21(18-28)16-22(15-20)19-28;13-9-5-3-7-11-12(9)8-4-1-2-6-10(8)14-11/h4-6,9-20,27-30H,1-3,7-8,21-26H2;6-13,20-23,29H,1-5,14-19H2;1-7H. The highest BCUT2D eigenvalue weighted by molar-refractivity contribution is 9.10. The summed E-state index contributed by atoms with van der Waals surface area (Å²) in [6.07, 6.45) is 31.4. The first-order valence-corrected chi connectivity index (χ1v) is 34.1. The Morgan fingerprint density at radius 2 is 0.741 bits per heavy atom. The van der Waals surface area contributed by atoms with Crippen LogP contribution in [0.15, 0.2) is 195 Å². The van der Waals surface area contributed by atoms with E-state index in [4.69, 9.17) is 8.83 Å². The molecule has 2 heterocycles. The molecule has 85 heavy (non-hydrogen) atoms. The molecule has 8 aromatic carbocycles. The van der Waals surface area contributed by atoms with Crippen LogP contribution in [0.2, 0.25) is 0 Å². The molecule has 432 valence electrons. The van der Waals surface area contributed by atoms with Crippen molar-refractivity contribution in [2.24, 2.45) is 35.5 Å². The maximum atomic E-state index is 6.34. The quantitative estimate of drug-likeness (QED) is 0.156. The van der Waals surface area contributed by atoms with Crippen molar-refractivity contribution in [1.82, 2.24) is 0 Å². The monoisotopic (exact) mass is 1180 g/mol. The number of furan rings is 2. The second kappa shape index (κ2) is 22.6. The van der Waals surface area contributed by atoms with Crippen molar-refractivity contribution in [3.8, 4) is 0 Å². The molecule has 10 fully saturated rings. The third kappa shape index (κ3) is 10.4. The Kier molecular flexibility index (Phi) is 14.3. The average molecular weight is 1180 g/mol. The number of para-hydroxylation sites is 2. The SMILES string of the molecule is Brc1cccc2oc3ccccc3c12.c1cc(C2CCCCC2)ccc1Nc1ccc(C23CC4CC(CC(C4)C2)C3)cc1.c1ccc2c(c1)oc1cccc(N(c3ccc(C4CCCCC4)cc3)c3ccc(C45CC6CC(CC(C6)C4)C5)cc3)c12. The molecule has 0 saturated heterocycles. The molecule has 1 N–H and O–H groups in total. The minimum absolute atomic E-state index is 0.417. The van der Waals surface area contributed by atoms with Crippen molar-refractivity contribution < 1.29 is 8.83 Å². The Morgan fingerprint density at radius 3 is 1.22 bits per heavy atom. The Bertz CT molecular complexity index is 3900. The van der Waals surface area contributed by atoms with Gasteiger partial charge in [-0.15, -0.1) is 0 Å². The molecule has 0 aliphatic heterocycles. The molecule has 10 aliphatic rings. The van der Waals surface area contributed by atoms with Gasteiger partial charge in [-0.3, -0.25) is 0 Å². The summed E-state index contributed by atoms with van der Waals surface area (Å²) in [4.78, 5) is 2.47. The summed E-state index contributed by atoms with van der Waals surface area (Å²) in [5.41, 5.74) is 17.0. The van der Waals surface area contributed by atoms with Gasteiger partial charge in [0.25, 0.3) is 0 Å². The fourth-order valence-corrected chi connectivity index (χ4v) is 20.2. The van der Waals surface area contributed by atoms with Gasteiger partial charge in [0.05, 0.1) is 11.1 Å². The lowest BCUT2D eigenvalue weighted by atomic mass is 9.48.